The van der Waals surface area contributed by atoms with Crippen molar-refractivity contribution in [2.75, 3.05) is 132 Å². The van der Waals surface area contributed by atoms with E-state index >= 15 is 0 Å². The zero-order valence-electron chi connectivity index (χ0n) is 56.8. The van der Waals surface area contributed by atoms with Gasteiger partial charge < -0.3 is 38.9 Å². The molecule has 7 aliphatic rings. The van der Waals surface area contributed by atoms with Crippen molar-refractivity contribution >= 4 is 0 Å². The van der Waals surface area contributed by atoms with Gasteiger partial charge in [0.25, 0.3) is 0 Å². The van der Waals surface area contributed by atoms with E-state index in [4.69, 9.17) is 9.47 Å². The Morgan fingerprint density at radius 2 is 0.697 bits per heavy atom. The highest BCUT2D eigenvalue weighted by Gasteiger charge is 2.32. The van der Waals surface area contributed by atoms with E-state index < -0.39 is 0 Å². The van der Waals surface area contributed by atoms with Crippen LogP contribution in [0.1, 0.15) is 248 Å². The lowest BCUT2D eigenvalue weighted by Crippen LogP contribution is -2.52. The molecule has 2 saturated carbocycles. The number of piperidine rings is 4. The first-order valence-corrected chi connectivity index (χ1v) is 34.1. The zero-order chi connectivity index (χ0) is 58.3. The molecule has 2 aliphatic carbocycles. The van der Waals surface area contributed by atoms with E-state index in [1.807, 2.05) is 76.3 Å². The molecule has 0 N–H and O–H groups in total. The van der Waals surface area contributed by atoms with Crippen molar-refractivity contribution in [3.8, 4) is 0 Å². The zero-order valence-corrected chi connectivity index (χ0v) is 56.8. The van der Waals surface area contributed by atoms with Crippen LogP contribution in [0.2, 0.25) is 0 Å². The molecule has 0 unspecified atom stereocenters. The lowest BCUT2D eigenvalue weighted by atomic mass is 9.80. The summed E-state index contributed by atoms with van der Waals surface area (Å²) in [7, 11) is 6.48. The first-order chi connectivity index (χ1) is 36.9. The van der Waals surface area contributed by atoms with Crippen molar-refractivity contribution in [1.82, 2.24) is 34.3 Å². The molecule has 9 nitrogen and oxygen atoms in total. The van der Waals surface area contributed by atoms with Gasteiger partial charge in [0.15, 0.2) is 0 Å². The summed E-state index contributed by atoms with van der Waals surface area (Å²) in [5, 5.41) is 0. The third-order valence-electron chi connectivity index (χ3n) is 17.4. The number of ether oxygens (including phenoxy) is 2. The highest BCUT2D eigenvalue weighted by Crippen LogP contribution is 2.33. The largest absolute Gasteiger partial charge is 0.381 e. The number of nitrogens with zero attached hydrogens (tertiary/aromatic N) is 7. The van der Waals surface area contributed by atoms with Crippen molar-refractivity contribution in [2.24, 2.45) is 29.6 Å². The minimum Gasteiger partial charge on any atom is -0.381 e. The van der Waals surface area contributed by atoms with Crippen molar-refractivity contribution < 1.29 is 9.47 Å². The predicted molar refractivity (Wildman–Crippen MR) is 344 cm³/mol. The van der Waals surface area contributed by atoms with E-state index in [1.165, 1.54) is 207 Å². The lowest BCUT2D eigenvalue weighted by Gasteiger charge is -2.42. The molecule has 0 spiro atoms. The van der Waals surface area contributed by atoms with E-state index in [-0.39, 0.29) is 0 Å². The molecule has 462 valence electrons. The van der Waals surface area contributed by atoms with E-state index in [0.717, 1.165) is 54.8 Å². The molecule has 0 atom stereocenters. The number of rotatable bonds is 19. The van der Waals surface area contributed by atoms with Gasteiger partial charge in [-0.25, -0.2) is 0 Å². The Labute approximate surface area is 481 Å². The summed E-state index contributed by atoms with van der Waals surface area (Å²) in [6.07, 6.45) is 24.6. The Morgan fingerprint density at radius 1 is 0.408 bits per heavy atom. The highest BCUT2D eigenvalue weighted by atomic mass is 16.5. The highest BCUT2D eigenvalue weighted by molar-refractivity contribution is 4.87. The SMILES string of the molecule is CC.CC.CC.CC.CC.CCC1CCN(CC)CC1.CCCC(CCC)OC1CN(CC)C1.CCN1CCC(CN(C)C2CC(C)C2)CC1.CCN1CCC(CN(C)C2CC(C)C2)CC1.CCN1CCC(OC)CC1. The molecule has 5 aliphatic heterocycles. The summed E-state index contributed by atoms with van der Waals surface area (Å²) in [6, 6.07) is 1.80. The second-order valence-corrected chi connectivity index (χ2v) is 22.6. The average Bonchev–Trinajstić information content (AvgIpc) is 3.46. The normalized spacial score (nSPS) is 23.9. The minimum absolute atomic E-state index is 0.522. The van der Waals surface area contributed by atoms with Gasteiger partial charge >= 0.3 is 0 Å². The van der Waals surface area contributed by atoms with Gasteiger partial charge in [-0.1, -0.05) is 158 Å². The van der Waals surface area contributed by atoms with E-state index in [0.29, 0.717) is 18.3 Å². The second-order valence-electron chi connectivity index (χ2n) is 22.6. The molecule has 0 aromatic heterocycles. The van der Waals surface area contributed by atoms with Gasteiger partial charge in [-0.2, -0.15) is 0 Å². The summed E-state index contributed by atoms with van der Waals surface area (Å²) >= 11 is 0. The maximum absolute atomic E-state index is 6.06. The molecule has 0 bridgehead atoms. The van der Waals surface area contributed by atoms with Crippen LogP contribution in [0.3, 0.4) is 0 Å². The summed E-state index contributed by atoms with van der Waals surface area (Å²) in [6.45, 7) is 64.3. The van der Waals surface area contributed by atoms with E-state index in [9.17, 15) is 0 Å². The quantitative estimate of drug-likeness (QED) is 0.126. The number of likely N-dealkylation sites (N-methyl/N-ethyl adjacent to an activating group) is 1. The maximum Gasteiger partial charge on any atom is 0.0832 e. The first kappa shape index (κ1) is 79.9. The van der Waals surface area contributed by atoms with Gasteiger partial charge in [0.2, 0.25) is 0 Å². The number of hydrogen-bond donors (Lipinski definition) is 0. The van der Waals surface area contributed by atoms with Crippen LogP contribution in [0.5, 0.6) is 0 Å². The third-order valence-corrected chi connectivity index (χ3v) is 17.4. The van der Waals surface area contributed by atoms with Crippen molar-refractivity contribution in [2.45, 2.75) is 278 Å². The fraction of sp³-hybridized carbons (Fsp3) is 1.00. The summed E-state index contributed by atoms with van der Waals surface area (Å²) in [5.74, 6) is 4.92. The summed E-state index contributed by atoms with van der Waals surface area (Å²) in [4.78, 5) is 17.9. The van der Waals surface area contributed by atoms with Crippen LogP contribution < -0.4 is 0 Å². The Kier molecular flexibility index (Phi) is 56.7. The smallest absolute Gasteiger partial charge is 0.0832 e. The molecular formula is C67H147N7O2. The topological polar surface area (TPSA) is 41.1 Å². The number of methoxy groups -OCH3 is 1. The van der Waals surface area contributed by atoms with Gasteiger partial charge in [-0.05, 0) is 206 Å². The Bertz CT molecular complexity index is 1020. The molecule has 0 aromatic rings. The van der Waals surface area contributed by atoms with Crippen molar-refractivity contribution in [1.29, 1.82) is 0 Å². The van der Waals surface area contributed by atoms with Crippen LogP contribution in [0.15, 0.2) is 0 Å². The number of hydrogen-bond acceptors (Lipinski definition) is 9. The molecular weight excluding hydrogens is 935 g/mol. The van der Waals surface area contributed by atoms with Crippen molar-refractivity contribution in [3.05, 3.63) is 0 Å². The van der Waals surface area contributed by atoms with Gasteiger partial charge in [0.1, 0.15) is 0 Å². The molecule has 7 rings (SSSR count). The van der Waals surface area contributed by atoms with Gasteiger partial charge in [-0.3, -0.25) is 4.90 Å². The Hall–Kier alpha value is -0.360. The molecule has 0 aromatic carbocycles. The van der Waals surface area contributed by atoms with Gasteiger partial charge in [-0.15, -0.1) is 0 Å². The predicted octanol–water partition coefficient (Wildman–Crippen LogP) is 15.9. The maximum atomic E-state index is 6.06. The first-order valence-electron chi connectivity index (χ1n) is 34.1. The Morgan fingerprint density at radius 3 is 0.947 bits per heavy atom. The average molecular weight is 1080 g/mol. The van der Waals surface area contributed by atoms with Gasteiger partial charge in [0.05, 0.1) is 18.3 Å². The molecule has 7 fully saturated rings. The van der Waals surface area contributed by atoms with Gasteiger partial charge in [0, 0.05) is 58.5 Å². The Balaban J connectivity index is -0.000000849. The van der Waals surface area contributed by atoms with Crippen LogP contribution >= 0.6 is 0 Å². The van der Waals surface area contributed by atoms with Crippen LogP contribution in [-0.4, -0.2) is 197 Å². The fourth-order valence-electron chi connectivity index (χ4n) is 11.8. The summed E-state index contributed by atoms with van der Waals surface area (Å²) in [5.41, 5.74) is 0. The monoisotopic (exact) mass is 1080 g/mol. The van der Waals surface area contributed by atoms with E-state index in [2.05, 4.69) is 118 Å². The molecule has 5 heterocycles. The van der Waals surface area contributed by atoms with Crippen LogP contribution in [-0.2, 0) is 9.47 Å². The van der Waals surface area contributed by atoms with Crippen LogP contribution in [0.4, 0.5) is 0 Å². The van der Waals surface area contributed by atoms with Crippen molar-refractivity contribution in [3.63, 3.8) is 0 Å². The fourth-order valence-corrected chi connectivity index (χ4v) is 11.8. The molecule has 5 saturated heterocycles. The summed E-state index contributed by atoms with van der Waals surface area (Å²) < 4.78 is 11.3. The third kappa shape index (κ3) is 36.2. The van der Waals surface area contributed by atoms with Crippen LogP contribution in [0.25, 0.3) is 0 Å². The second kappa shape index (κ2) is 53.9. The lowest BCUT2D eigenvalue weighted by molar-refractivity contribution is -0.0950. The van der Waals surface area contributed by atoms with E-state index in [1.54, 1.807) is 0 Å². The minimum atomic E-state index is 0.522. The standard InChI is InChI=1S/2C14H28N2.C12H25NO.C9H19N.C8H17NO.5C2H6/c2*1-4-16-7-5-13(6-8-16)11-15(3)14-9-12(2)10-14;1-4-7-11(8-5-2)14-12-9-13(6-3)10-12;1-3-9-5-7-10(4-2)8-6-9;1-3-9-6-4-8(10-2)5-7-9;5*1-2/h2*12-14H,4-11H2,1-3H3;11-12H,4-10H2,1-3H3;9H,3-8H2,1-2H3;8H,3-7H2,1-2H3;5*1-2H3. The molecule has 76 heavy (non-hydrogen) atoms. The molecule has 9 heteroatoms. The van der Waals surface area contributed by atoms with Crippen LogP contribution in [0, 0.1) is 29.6 Å². The molecule has 0 amide bonds. The molecule has 0 radical (unpaired) electrons. The number of likely N-dealkylation sites (tertiary alicyclic amines) is 5.